The molecule has 1 fully saturated rings. The number of hydrogen-bond donors (Lipinski definition) is 2. The maximum atomic E-state index is 10.8. The van der Waals surface area contributed by atoms with Crippen LogP contribution >= 0.6 is 0 Å². The van der Waals surface area contributed by atoms with Gasteiger partial charge in [0.1, 0.15) is 0 Å². The van der Waals surface area contributed by atoms with Gasteiger partial charge >= 0.3 is 0 Å². The van der Waals surface area contributed by atoms with Crippen LogP contribution in [-0.4, -0.2) is 18.2 Å². The van der Waals surface area contributed by atoms with Crippen molar-refractivity contribution < 1.29 is 5.11 Å². The predicted octanol–water partition coefficient (Wildman–Crippen LogP) is 2.65. The zero-order chi connectivity index (χ0) is 12.5. The van der Waals surface area contributed by atoms with Crippen LogP contribution in [0, 0.1) is 13.8 Å². The molecule has 2 N–H and O–H groups in total. The number of aryl methyl sites for hydroxylation is 1. The molecule has 94 valence electrons. The second-order valence-corrected chi connectivity index (χ2v) is 5.34. The number of rotatable bonds is 2. The molecular formula is C15H23NO. The molecule has 0 amide bonds. The zero-order valence-corrected chi connectivity index (χ0v) is 11.1. The molecular weight excluding hydrogens is 210 g/mol. The summed E-state index contributed by atoms with van der Waals surface area (Å²) in [5.74, 6) is 0. The highest BCUT2D eigenvalue weighted by Crippen LogP contribution is 2.38. The summed E-state index contributed by atoms with van der Waals surface area (Å²) < 4.78 is 0. The smallest absolute Gasteiger partial charge is 0.0900 e. The van der Waals surface area contributed by atoms with Gasteiger partial charge in [0.2, 0.25) is 0 Å². The molecule has 17 heavy (non-hydrogen) atoms. The van der Waals surface area contributed by atoms with Gasteiger partial charge in [-0.1, -0.05) is 18.2 Å². The van der Waals surface area contributed by atoms with Gasteiger partial charge in [0.15, 0.2) is 0 Å². The minimum atomic E-state index is -0.608. The van der Waals surface area contributed by atoms with Crippen molar-refractivity contribution in [3.63, 3.8) is 0 Å². The minimum absolute atomic E-state index is 0.570. The molecule has 0 spiro atoms. The third kappa shape index (κ3) is 2.38. The van der Waals surface area contributed by atoms with E-state index in [2.05, 4.69) is 37.4 Å². The Labute approximate surface area is 104 Å². The zero-order valence-electron chi connectivity index (χ0n) is 11.1. The molecule has 2 heteroatoms. The Morgan fingerprint density at radius 1 is 1.24 bits per heavy atom. The molecule has 1 aliphatic carbocycles. The normalized spacial score (nSPS) is 29.3. The Balaban J connectivity index is 2.24. The number of hydrogen-bond acceptors (Lipinski definition) is 2. The molecule has 0 aliphatic heterocycles. The lowest BCUT2D eigenvalue weighted by atomic mass is 9.76. The van der Waals surface area contributed by atoms with Crippen LogP contribution in [0.1, 0.15) is 42.4 Å². The molecule has 1 saturated carbocycles. The molecule has 1 aromatic carbocycles. The van der Waals surface area contributed by atoms with Crippen LogP contribution in [0.5, 0.6) is 0 Å². The largest absolute Gasteiger partial charge is 0.385 e. The fourth-order valence-electron chi connectivity index (χ4n) is 2.91. The van der Waals surface area contributed by atoms with E-state index >= 15 is 0 Å². The summed E-state index contributed by atoms with van der Waals surface area (Å²) >= 11 is 0. The quantitative estimate of drug-likeness (QED) is 0.823. The number of nitrogens with one attached hydrogen (secondary N) is 1. The molecule has 0 unspecified atom stereocenters. The summed E-state index contributed by atoms with van der Waals surface area (Å²) in [5, 5.41) is 14.1. The third-order valence-corrected chi connectivity index (χ3v) is 4.33. The summed E-state index contributed by atoms with van der Waals surface area (Å²) in [4.78, 5) is 0. The lowest BCUT2D eigenvalue weighted by molar-refractivity contribution is -0.00820. The summed E-state index contributed by atoms with van der Waals surface area (Å²) in [6.07, 6.45) is 3.84. The van der Waals surface area contributed by atoms with Gasteiger partial charge < -0.3 is 10.4 Å². The van der Waals surface area contributed by atoms with Gasteiger partial charge in [0.25, 0.3) is 0 Å². The molecule has 0 aromatic heterocycles. The van der Waals surface area contributed by atoms with E-state index in [1.165, 1.54) is 11.1 Å². The van der Waals surface area contributed by atoms with Crippen molar-refractivity contribution in [1.29, 1.82) is 0 Å². The fourth-order valence-corrected chi connectivity index (χ4v) is 2.91. The maximum absolute atomic E-state index is 10.8. The van der Waals surface area contributed by atoms with E-state index in [9.17, 15) is 5.11 Å². The van der Waals surface area contributed by atoms with Crippen LogP contribution in [0.3, 0.4) is 0 Å². The molecule has 0 saturated heterocycles. The van der Waals surface area contributed by atoms with Gasteiger partial charge in [0.05, 0.1) is 5.60 Å². The van der Waals surface area contributed by atoms with E-state index in [0.717, 1.165) is 31.2 Å². The average molecular weight is 233 g/mol. The van der Waals surface area contributed by atoms with Gasteiger partial charge in [-0.05, 0) is 63.3 Å². The molecule has 2 nitrogen and oxygen atoms in total. The Morgan fingerprint density at radius 2 is 1.88 bits per heavy atom. The highest BCUT2D eigenvalue weighted by atomic mass is 16.3. The van der Waals surface area contributed by atoms with E-state index in [1.54, 1.807) is 0 Å². The van der Waals surface area contributed by atoms with E-state index in [-0.39, 0.29) is 0 Å². The van der Waals surface area contributed by atoms with Gasteiger partial charge in [-0.25, -0.2) is 0 Å². The van der Waals surface area contributed by atoms with Crippen molar-refractivity contribution in [3.05, 3.63) is 34.9 Å². The first-order valence-corrected chi connectivity index (χ1v) is 6.53. The standard InChI is InChI=1S/C15H23NO/c1-11-5-4-6-14(12(11)2)15(17)9-7-13(16-3)8-10-15/h4-6,13,16-17H,7-10H2,1-3H3. The first-order valence-electron chi connectivity index (χ1n) is 6.53. The molecule has 0 radical (unpaired) electrons. The van der Waals surface area contributed by atoms with Crippen molar-refractivity contribution >= 4 is 0 Å². The predicted molar refractivity (Wildman–Crippen MR) is 71.1 cm³/mol. The minimum Gasteiger partial charge on any atom is -0.385 e. The number of aliphatic hydroxyl groups is 1. The molecule has 0 bridgehead atoms. The van der Waals surface area contributed by atoms with Crippen molar-refractivity contribution in [3.8, 4) is 0 Å². The second-order valence-electron chi connectivity index (χ2n) is 5.34. The topological polar surface area (TPSA) is 32.3 Å². The monoisotopic (exact) mass is 233 g/mol. The first-order chi connectivity index (χ1) is 8.07. The summed E-state index contributed by atoms with van der Waals surface area (Å²) in [6, 6.07) is 6.82. The maximum Gasteiger partial charge on any atom is 0.0900 e. The van der Waals surface area contributed by atoms with E-state index in [0.29, 0.717) is 6.04 Å². The second kappa shape index (κ2) is 4.79. The SMILES string of the molecule is CNC1CCC(O)(c2cccc(C)c2C)CC1. The van der Waals surface area contributed by atoms with Crippen LogP contribution in [0.25, 0.3) is 0 Å². The van der Waals surface area contributed by atoms with E-state index < -0.39 is 5.60 Å². The first kappa shape index (κ1) is 12.6. The summed E-state index contributed by atoms with van der Waals surface area (Å²) in [6.45, 7) is 4.23. The van der Waals surface area contributed by atoms with Gasteiger partial charge in [-0.2, -0.15) is 0 Å². The Hall–Kier alpha value is -0.860. The van der Waals surface area contributed by atoms with Crippen LogP contribution < -0.4 is 5.32 Å². The van der Waals surface area contributed by atoms with Gasteiger partial charge in [0, 0.05) is 6.04 Å². The van der Waals surface area contributed by atoms with Crippen molar-refractivity contribution in [2.45, 2.75) is 51.2 Å². The van der Waals surface area contributed by atoms with Crippen molar-refractivity contribution in [2.24, 2.45) is 0 Å². The Morgan fingerprint density at radius 3 is 2.47 bits per heavy atom. The van der Waals surface area contributed by atoms with E-state index in [4.69, 9.17) is 0 Å². The van der Waals surface area contributed by atoms with Gasteiger partial charge in [-0.3, -0.25) is 0 Å². The van der Waals surface area contributed by atoms with Crippen LogP contribution in [0.4, 0.5) is 0 Å². The van der Waals surface area contributed by atoms with Crippen LogP contribution in [0.15, 0.2) is 18.2 Å². The molecule has 1 aromatic rings. The lowest BCUT2D eigenvalue weighted by Gasteiger charge is -2.37. The molecule has 0 heterocycles. The molecule has 1 aliphatic rings. The van der Waals surface area contributed by atoms with Crippen LogP contribution in [-0.2, 0) is 5.60 Å². The van der Waals surface area contributed by atoms with Crippen LogP contribution in [0.2, 0.25) is 0 Å². The average Bonchev–Trinajstić information content (AvgIpc) is 2.33. The van der Waals surface area contributed by atoms with Crippen molar-refractivity contribution in [2.75, 3.05) is 7.05 Å². The molecule has 0 atom stereocenters. The van der Waals surface area contributed by atoms with Crippen molar-refractivity contribution in [1.82, 2.24) is 5.32 Å². The molecule has 2 rings (SSSR count). The highest BCUT2D eigenvalue weighted by molar-refractivity contribution is 5.37. The van der Waals surface area contributed by atoms with Gasteiger partial charge in [-0.15, -0.1) is 0 Å². The Kier molecular flexibility index (Phi) is 3.55. The van der Waals surface area contributed by atoms with E-state index in [1.807, 2.05) is 7.05 Å². The third-order valence-electron chi connectivity index (χ3n) is 4.33. The fraction of sp³-hybridized carbons (Fsp3) is 0.600. The summed E-state index contributed by atoms with van der Waals surface area (Å²) in [5.41, 5.74) is 3.04. The number of benzene rings is 1. The Bertz CT molecular complexity index is 392. The lowest BCUT2D eigenvalue weighted by Crippen LogP contribution is -2.38. The summed E-state index contributed by atoms with van der Waals surface area (Å²) in [7, 11) is 2.01. The highest BCUT2D eigenvalue weighted by Gasteiger charge is 2.35.